The summed E-state index contributed by atoms with van der Waals surface area (Å²) in [6.07, 6.45) is 4.09. The fraction of sp³-hybridized carbons (Fsp3) is 0.333. The number of hydrogen-bond donors (Lipinski definition) is 0. The molecule has 23 heavy (non-hydrogen) atoms. The second-order valence-electron chi connectivity index (χ2n) is 5.73. The standard InChI is InChI=1S/C18H16O5/c1-2-21-17(19)12-9-11-14(23-18(12)20)7-8-15-16(11)10-5-3-4-6-13(10)22-15/h7-9H,2-6H2,1H3. The number of hydrogen-bond acceptors (Lipinski definition) is 5. The first-order valence-corrected chi connectivity index (χ1v) is 7.87. The summed E-state index contributed by atoms with van der Waals surface area (Å²) in [4.78, 5) is 24.0. The van der Waals surface area contributed by atoms with Crippen molar-refractivity contribution in [2.45, 2.75) is 32.6 Å². The van der Waals surface area contributed by atoms with Gasteiger partial charge in [-0.15, -0.1) is 0 Å². The molecule has 2 heterocycles. The van der Waals surface area contributed by atoms with E-state index in [4.69, 9.17) is 13.6 Å². The van der Waals surface area contributed by atoms with Crippen LogP contribution in [0.4, 0.5) is 0 Å². The molecule has 0 radical (unpaired) electrons. The highest BCUT2D eigenvalue weighted by molar-refractivity contribution is 6.07. The smallest absolute Gasteiger partial charge is 0.351 e. The number of fused-ring (bicyclic) bond motifs is 5. The van der Waals surface area contributed by atoms with Gasteiger partial charge in [-0.3, -0.25) is 0 Å². The van der Waals surface area contributed by atoms with Gasteiger partial charge < -0.3 is 13.6 Å². The number of rotatable bonds is 2. The Labute approximate surface area is 131 Å². The van der Waals surface area contributed by atoms with Gasteiger partial charge in [0.15, 0.2) is 0 Å². The van der Waals surface area contributed by atoms with Crippen molar-refractivity contribution in [3.05, 3.63) is 45.5 Å². The lowest BCUT2D eigenvalue weighted by atomic mass is 9.94. The first-order chi connectivity index (χ1) is 11.2. The number of ether oxygens (including phenoxy) is 1. The molecular formula is C18H16O5. The van der Waals surface area contributed by atoms with Gasteiger partial charge in [-0.1, -0.05) is 0 Å². The topological polar surface area (TPSA) is 69.7 Å². The summed E-state index contributed by atoms with van der Waals surface area (Å²) in [5, 5.41) is 1.68. The zero-order valence-electron chi connectivity index (χ0n) is 12.8. The van der Waals surface area contributed by atoms with Gasteiger partial charge in [0.2, 0.25) is 0 Å². The van der Waals surface area contributed by atoms with Crippen LogP contribution in [0.5, 0.6) is 0 Å². The van der Waals surface area contributed by atoms with E-state index in [1.54, 1.807) is 19.1 Å². The van der Waals surface area contributed by atoms with Crippen LogP contribution in [0, 0.1) is 0 Å². The van der Waals surface area contributed by atoms with Crippen LogP contribution in [0.3, 0.4) is 0 Å². The largest absolute Gasteiger partial charge is 0.462 e. The fourth-order valence-corrected chi connectivity index (χ4v) is 3.31. The van der Waals surface area contributed by atoms with Crippen molar-refractivity contribution < 1.29 is 18.4 Å². The maximum atomic E-state index is 12.0. The molecule has 0 aliphatic heterocycles. The summed E-state index contributed by atoms with van der Waals surface area (Å²) >= 11 is 0. The fourth-order valence-electron chi connectivity index (χ4n) is 3.31. The van der Waals surface area contributed by atoms with Crippen LogP contribution in [-0.2, 0) is 17.6 Å². The summed E-state index contributed by atoms with van der Waals surface area (Å²) in [7, 11) is 0. The Balaban J connectivity index is 2.04. The normalized spacial score (nSPS) is 14.1. The van der Waals surface area contributed by atoms with E-state index in [2.05, 4.69) is 0 Å². The molecule has 5 heteroatoms. The van der Waals surface area contributed by atoms with E-state index >= 15 is 0 Å². The predicted molar refractivity (Wildman–Crippen MR) is 84.9 cm³/mol. The van der Waals surface area contributed by atoms with E-state index in [1.165, 1.54) is 5.56 Å². The molecule has 0 atom stereocenters. The summed E-state index contributed by atoms with van der Waals surface area (Å²) in [5.41, 5.74) is 1.66. The minimum atomic E-state index is -0.673. The predicted octanol–water partition coefficient (Wildman–Crippen LogP) is 3.59. The van der Waals surface area contributed by atoms with E-state index in [1.807, 2.05) is 6.07 Å². The number of aryl methyl sites for hydroxylation is 2. The maximum absolute atomic E-state index is 12.0. The molecule has 2 aromatic heterocycles. The molecule has 3 aromatic rings. The third kappa shape index (κ3) is 2.15. The van der Waals surface area contributed by atoms with E-state index < -0.39 is 11.6 Å². The first-order valence-electron chi connectivity index (χ1n) is 7.87. The molecule has 0 N–H and O–H groups in total. The molecule has 0 fully saturated rings. The van der Waals surface area contributed by atoms with Crippen LogP contribution in [0.15, 0.2) is 31.8 Å². The molecule has 0 spiro atoms. The molecule has 5 nitrogen and oxygen atoms in total. The number of carbonyl (C=O) groups is 1. The third-order valence-electron chi connectivity index (χ3n) is 4.33. The van der Waals surface area contributed by atoms with Crippen molar-refractivity contribution in [1.82, 2.24) is 0 Å². The first kappa shape index (κ1) is 14.1. The number of esters is 1. The minimum Gasteiger partial charge on any atom is -0.462 e. The van der Waals surface area contributed by atoms with Gasteiger partial charge in [-0.25, -0.2) is 9.59 Å². The Hall–Kier alpha value is -2.56. The average molecular weight is 312 g/mol. The molecule has 1 aliphatic carbocycles. The Morgan fingerprint density at radius 1 is 1.17 bits per heavy atom. The van der Waals surface area contributed by atoms with Crippen molar-refractivity contribution in [1.29, 1.82) is 0 Å². The zero-order chi connectivity index (χ0) is 16.0. The Morgan fingerprint density at radius 3 is 2.78 bits per heavy atom. The summed E-state index contributed by atoms with van der Waals surface area (Å²) in [6, 6.07) is 5.11. The van der Waals surface area contributed by atoms with Gasteiger partial charge in [-0.05, 0) is 44.4 Å². The third-order valence-corrected chi connectivity index (χ3v) is 4.33. The van der Waals surface area contributed by atoms with Crippen molar-refractivity contribution in [2.24, 2.45) is 0 Å². The highest BCUT2D eigenvalue weighted by atomic mass is 16.5. The highest BCUT2D eigenvalue weighted by Crippen LogP contribution is 2.36. The summed E-state index contributed by atoms with van der Waals surface area (Å²) in [6.45, 7) is 1.91. The Bertz CT molecular complexity index is 976. The summed E-state index contributed by atoms with van der Waals surface area (Å²) in [5.74, 6) is 0.347. The molecule has 0 unspecified atom stereocenters. The zero-order valence-corrected chi connectivity index (χ0v) is 12.8. The van der Waals surface area contributed by atoms with Crippen LogP contribution in [-0.4, -0.2) is 12.6 Å². The van der Waals surface area contributed by atoms with Crippen LogP contribution >= 0.6 is 0 Å². The van der Waals surface area contributed by atoms with Crippen LogP contribution in [0.25, 0.3) is 21.9 Å². The molecule has 118 valence electrons. The molecule has 0 saturated heterocycles. The van der Waals surface area contributed by atoms with Crippen LogP contribution in [0.1, 0.15) is 41.4 Å². The molecule has 0 saturated carbocycles. The molecule has 4 rings (SSSR count). The van der Waals surface area contributed by atoms with Crippen LogP contribution in [0.2, 0.25) is 0 Å². The Kier molecular flexibility index (Phi) is 3.22. The van der Waals surface area contributed by atoms with Crippen molar-refractivity contribution >= 4 is 27.9 Å². The number of benzene rings is 1. The monoisotopic (exact) mass is 312 g/mol. The SMILES string of the molecule is CCOC(=O)c1cc2c(ccc3oc4c(c32)CCCC4)oc1=O. The molecule has 1 aliphatic rings. The van der Waals surface area contributed by atoms with Crippen molar-refractivity contribution in [3.8, 4) is 0 Å². The van der Waals surface area contributed by atoms with Gasteiger partial charge in [-0.2, -0.15) is 0 Å². The lowest BCUT2D eigenvalue weighted by Gasteiger charge is -2.09. The number of carbonyl (C=O) groups excluding carboxylic acids is 1. The average Bonchev–Trinajstić information content (AvgIpc) is 2.93. The minimum absolute atomic E-state index is 0.0717. The lowest BCUT2D eigenvalue weighted by molar-refractivity contribution is 0.0522. The molecule has 1 aromatic carbocycles. The van der Waals surface area contributed by atoms with E-state index in [0.717, 1.165) is 47.8 Å². The van der Waals surface area contributed by atoms with Crippen molar-refractivity contribution in [3.63, 3.8) is 0 Å². The second kappa shape index (κ2) is 5.26. The van der Waals surface area contributed by atoms with E-state index in [0.29, 0.717) is 5.58 Å². The van der Waals surface area contributed by atoms with Crippen molar-refractivity contribution in [2.75, 3.05) is 6.61 Å². The van der Waals surface area contributed by atoms with Crippen LogP contribution < -0.4 is 5.63 Å². The van der Waals surface area contributed by atoms with E-state index in [9.17, 15) is 9.59 Å². The number of furan rings is 1. The molecular weight excluding hydrogens is 296 g/mol. The van der Waals surface area contributed by atoms with Gasteiger partial charge in [0, 0.05) is 22.8 Å². The summed E-state index contributed by atoms with van der Waals surface area (Å²) < 4.78 is 16.2. The van der Waals surface area contributed by atoms with E-state index in [-0.39, 0.29) is 12.2 Å². The van der Waals surface area contributed by atoms with Gasteiger partial charge >= 0.3 is 11.6 Å². The Morgan fingerprint density at radius 2 is 1.96 bits per heavy atom. The van der Waals surface area contributed by atoms with Gasteiger partial charge in [0.1, 0.15) is 22.5 Å². The molecule has 0 amide bonds. The molecule has 0 bridgehead atoms. The highest BCUT2D eigenvalue weighted by Gasteiger charge is 2.22. The van der Waals surface area contributed by atoms with Gasteiger partial charge in [0.05, 0.1) is 6.61 Å². The second-order valence-corrected chi connectivity index (χ2v) is 5.73. The maximum Gasteiger partial charge on any atom is 0.351 e. The quantitative estimate of drug-likeness (QED) is 0.534. The van der Waals surface area contributed by atoms with Gasteiger partial charge in [0.25, 0.3) is 0 Å². The lowest BCUT2D eigenvalue weighted by Crippen LogP contribution is -2.16.